The molecule has 1 unspecified atom stereocenters. The molecular weight excluding hydrogens is 528 g/mol. The SMILES string of the molecule is Cc1cc(Cl)ccc1N(CC(=O)N/N=C/c1ccc(OCC(=O)NC(C)c2ccccc2)cc1)S(C)(=O)=O. The van der Waals surface area contributed by atoms with Crippen LogP contribution in [0.3, 0.4) is 0 Å². The van der Waals surface area contributed by atoms with Crippen LogP contribution in [0.5, 0.6) is 5.75 Å². The molecule has 0 radical (unpaired) electrons. The Hall–Kier alpha value is -3.89. The zero-order valence-electron chi connectivity index (χ0n) is 21.2. The largest absolute Gasteiger partial charge is 0.484 e. The van der Waals surface area contributed by atoms with Crippen LogP contribution in [0, 0.1) is 6.92 Å². The zero-order chi connectivity index (χ0) is 27.7. The molecule has 0 heterocycles. The van der Waals surface area contributed by atoms with Crippen molar-refractivity contribution in [3.05, 3.63) is 94.5 Å². The number of nitrogens with one attached hydrogen (secondary N) is 2. The molecule has 2 N–H and O–H groups in total. The van der Waals surface area contributed by atoms with Gasteiger partial charge in [0.05, 0.1) is 24.2 Å². The van der Waals surface area contributed by atoms with Gasteiger partial charge in [0, 0.05) is 5.02 Å². The summed E-state index contributed by atoms with van der Waals surface area (Å²) in [5.41, 5.74) is 4.97. The van der Waals surface area contributed by atoms with E-state index in [1.54, 1.807) is 49.4 Å². The molecule has 11 heteroatoms. The highest BCUT2D eigenvalue weighted by Crippen LogP contribution is 2.25. The van der Waals surface area contributed by atoms with E-state index in [0.717, 1.165) is 16.1 Å². The summed E-state index contributed by atoms with van der Waals surface area (Å²) in [5.74, 6) is -0.362. The van der Waals surface area contributed by atoms with E-state index in [1.807, 2.05) is 37.3 Å². The third kappa shape index (κ3) is 8.60. The summed E-state index contributed by atoms with van der Waals surface area (Å²) in [4.78, 5) is 24.6. The Balaban J connectivity index is 1.50. The molecular formula is C27H29ClN4O5S. The number of sulfonamides is 1. The van der Waals surface area contributed by atoms with Gasteiger partial charge in [0.1, 0.15) is 12.3 Å². The van der Waals surface area contributed by atoms with Crippen LogP contribution >= 0.6 is 11.6 Å². The molecule has 0 saturated heterocycles. The van der Waals surface area contributed by atoms with Crippen molar-refractivity contribution in [2.24, 2.45) is 5.10 Å². The van der Waals surface area contributed by atoms with Gasteiger partial charge < -0.3 is 10.1 Å². The van der Waals surface area contributed by atoms with Crippen molar-refractivity contribution in [1.29, 1.82) is 0 Å². The van der Waals surface area contributed by atoms with Gasteiger partial charge in [0.25, 0.3) is 11.8 Å². The van der Waals surface area contributed by atoms with Crippen molar-refractivity contribution in [2.75, 3.05) is 23.7 Å². The summed E-state index contributed by atoms with van der Waals surface area (Å²) in [6.45, 7) is 3.03. The van der Waals surface area contributed by atoms with Crippen LogP contribution in [0.1, 0.15) is 29.7 Å². The smallest absolute Gasteiger partial charge is 0.260 e. The summed E-state index contributed by atoms with van der Waals surface area (Å²) in [7, 11) is -3.73. The number of nitrogens with zero attached hydrogens (tertiary/aromatic N) is 2. The Bertz CT molecular complexity index is 1400. The van der Waals surface area contributed by atoms with Crippen molar-refractivity contribution in [2.45, 2.75) is 19.9 Å². The predicted molar refractivity (Wildman–Crippen MR) is 149 cm³/mol. The van der Waals surface area contributed by atoms with E-state index in [9.17, 15) is 18.0 Å². The van der Waals surface area contributed by atoms with Gasteiger partial charge in [0.15, 0.2) is 6.61 Å². The maximum Gasteiger partial charge on any atom is 0.260 e. The number of rotatable bonds is 11. The number of hydrogen-bond acceptors (Lipinski definition) is 6. The number of halogens is 1. The standard InChI is InChI=1S/C27H29ClN4O5S/c1-19-15-23(28)11-14-25(19)32(38(3,35)36)17-26(33)31-29-16-21-9-12-24(13-10-21)37-18-27(34)30-20(2)22-7-5-4-6-8-22/h4-16,20H,17-18H2,1-3H3,(H,30,34)(H,31,33)/b29-16+. The lowest BCUT2D eigenvalue weighted by atomic mass is 10.1. The number of carbonyl (C=O) groups is 2. The van der Waals surface area contributed by atoms with Crippen LogP contribution in [0.2, 0.25) is 5.02 Å². The number of ether oxygens (including phenoxy) is 1. The quantitative estimate of drug-likeness (QED) is 0.275. The van der Waals surface area contributed by atoms with Crippen molar-refractivity contribution < 1.29 is 22.7 Å². The molecule has 0 aromatic heterocycles. The number of carbonyl (C=O) groups excluding carboxylic acids is 2. The minimum absolute atomic E-state index is 0.134. The van der Waals surface area contributed by atoms with Crippen LogP contribution < -0.4 is 19.8 Å². The van der Waals surface area contributed by atoms with E-state index >= 15 is 0 Å². The Kier molecular flexibility index (Phi) is 9.86. The highest BCUT2D eigenvalue weighted by atomic mass is 35.5. The fraction of sp³-hybridized carbons (Fsp3) is 0.222. The highest BCUT2D eigenvalue weighted by Gasteiger charge is 2.22. The average molecular weight is 557 g/mol. The molecule has 0 saturated carbocycles. The molecule has 0 bridgehead atoms. The summed E-state index contributed by atoms with van der Waals surface area (Å²) >= 11 is 5.96. The molecule has 1 atom stereocenters. The lowest BCUT2D eigenvalue weighted by molar-refractivity contribution is -0.123. The molecule has 9 nitrogen and oxygen atoms in total. The molecule has 3 aromatic carbocycles. The van der Waals surface area contributed by atoms with Gasteiger partial charge in [-0.15, -0.1) is 0 Å². The van der Waals surface area contributed by atoms with Crippen molar-refractivity contribution in [3.8, 4) is 5.75 Å². The normalized spacial score (nSPS) is 12.1. The Morgan fingerprint density at radius 1 is 1.05 bits per heavy atom. The molecule has 0 aliphatic heterocycles. The second kappa shape index (κ2) is 13.1. The number of hydrogen-bond donors (Lipinski definition) is 2. The van der Waals surface area contributed by atoms with E-state index in [-0.39, 0.29) is 18.6 Å². The van der Waals surface area contributed by atoms with Crippen LogP contribution in [-0.2, 0) is 19.6 Å². The fourth-order valence-electron chi connectivity index (χ4n) is 3.53. The van der Waals surface area contributed by atoms with E-state index in [2.05, 4.69) is 15.8 Å². The third-order valence-corrected chi connectivity index (χ3v) is 6.81. The van der Waals surface area contributed by atoms with E-state index < -0.39 is 22.5 Å². The maximum absolute atomic E-state index is 12.4. The van der Waals surface area contributed by atoms with Gasteiger partial charge in [-0.1, -0.05) is 41.9 Å². The first-order valence-corrected chi connectivity index (χ1v) is 13.9. The number of amides is 2. The Labute approximate surface area is 227 Å². The number of benzene rings is 3. The molecule has 3 aromatic rings. The second-order valence-electron chi connectivity index (χ2n) is 8.55. The highest BCUT2D eigenvalue weighted by molar-refractivity contribution is 7.92. The van der Waals surface area contributed by atoms with Crippen molar-refractivity contribution >= 4 is 45.3 Å². The Morgan fingerprint density at radius 3 is 2.37 bits per heavy atom. The number of hydrazone groups is 1. The summed E-state index contributed by atoms with van der Waals surface area (Å²) < 4.78 is 31.1. The fourth-order valence-corrected chi connectivity index (χ4v) is 4.67. The summed E-state index contributed by atoms with van der Waals surface area (Å²) in [6, 6.07) is 21.0. The van der Waals surface area contributed by atoms with E-state index in [1.165, 1.54) is 6.21 Å². The van der Waals surface area contributed by atoms with Crippen LogP contribution in [0.4, 0.5) is 5.69 Å². The number of anilines is 1. The van der Waals surface area contributed by atoms with Gasteiger partial charge in [0.2, 0.25) is 10.0 Å². The van der Waals surface area contributed by atoms with E-state index in [0.29, 0.717) is 27.6 Å². The summed E-state index contributed by atoms with van der Waals surface area (Å²) in [5, 5.41) is 7.25. The van der Waals surface area contributed by atoms with Gasteiger partial charge in [-0.05, 0) is 73.0 Å². The molecule has 38 heavy (non-hydrogen) atoms. The van der Waals surface area contributed by atoms with Gasteiger partial charge in [-0.3, -0.25) is 13.9 Å². The maximum atomic E-state index is 12.4. The van der Waals surface area contributed by atoms with E-state index in [4.69, 9.17) is 16.3 Å². The van der Waals surface area contributed by atoms with Gasteiger partial charge in [-0.2, -0.15) is 5.10 Å². The number of aryl methyl sites for hydroxylation is 1. The van der Waals surface area contributed by atoms with Gasteiger partial charge in [-0.25, -0.2) is 13.8 Å². The topological polar surface area (TPSA) is 117 Å². The minimum Gasteiger partial charge on any atom is -0.484 e. The van der Waals surface area contributed by atoms with Crippen molar-refractivity contribution in [3.63, 3.8) is 0 Å². The first-order valence-electron chi connectivity index (χ1n) is 11.7. The molecule has 200 valence electrons. The first-order chi connectivity index (χ1) is 18.0. The molecule has 2 amide bonds. The molecule has 3 rings (SSSR count). The minimum atomic E-state index is -3.73. The zero-order valence-corrected chi connectivity index (χ0v) is 22.8. The molecule has 0 aliphatic carbocycles. The van der Waals surface area contributed by atoms with Crippen LogP contribution in [0.25, 0.3) is 0 Å². The second-order valence-corrected chi connectivity index (χ2v) is 10.9. The summed E-state index contributed by atoms with van der Waals surface area (Å²) in [6.07, 6.45) is 2.43. The van der Waals surface area contributed by atoms with Crippen LogP contribution in [0.15, 0.2) is 77.9 Å². The van der Waals surface area contributed by atoms with Crippen LogP contribution in [-0.4, -0.2) is 45.9 Å². The third-order valence-electron chi connectivity index (χ3n) is 5.45. The first kappa shape index (κ1) is 28.7. The monoisotopic (exact) mass is 556 g/mol. The molecule has 0 aliphatic rings. The molecule has 0 spiro atoms. The predicted octanol–water partition coefficient (Wildman–Crippen LogP) is 3.82. The van der Waals surface area contributed by atoms with Crippen molar-refractivity contribution in [1.82, 2.24) is 10.7 Å². The Morgan fingerprint density at radius 2 is 1.74 bits per heavy atom. The average Bonchev–Trinajstić information content (AvgIpc) is 2.87. The van der Waals surface area contributed by atoms with Gasteiger partial charge >= 0.3 is 0 Å². The molecule has 0 fully saturated rings. The lowest BCUT2D eigenvalue weighted by Crippen LogP contribution is -2.39. The lowest BCUT2D eigenvalue weighted by Gasteiger charge is -2.23.